The zero-order valence-corrected chi connectivity index (χ0v) is 8.66. The Morgan fingerprint density at radius 3 is 3.07 bits per heavy atom. The molecule has 0 bridgehead atoms. The maximum absolute atomic E-state index is 4.13. The van der Waals surface area contributed by atoms with Crippen molar-refractivity contribution in [2.24, 2.45) is 7.05 Å². The molecule has 2 aromatic rings. The number of aryl methyl sites for hydroxylation is 1. The molecule has 0 saturated heterocycles. The van der Waals surface area contributed by atoms with Gasteiger partial charge in [0.2, 0.25) is 5.82 Å². The molecule has 2 aromatic heterocycles. The van der Waals surface area contributed by atoms with Gasteiger partial charge in [0.05, 0.1) is 11.9 Å². The monoisotopic (exact) mass is 206 g/mol. The Morgan fingerprint density at radius 1 is 1.57 bits per heavy atom. The molecule has 0 aromatic carbocycles. The lowest BCUT2D eigenvalue weighted by molar-refractivity contribution is 0.630. The minimum Gasteiger partial charge on any atom is -0.167 e. The summed E-state index contributed by atoms with van der Waals surface area (Å²) in [6.45, 7) is 3.70. The van der Waals surface area contributed by atoms with Gasteiger partial charge in [0.15, 0.2) is 0 Å². The van der Waals surface area contributed by atoms with E-state index < -0.39 is 0 Å². The quantitative estimate of drug-likeness (QED) is 0.717. The first-order valence-corrected chi connectivity index (χ1v) is 5.05. The predicted molar refractivity (Wildman–Crippen MR) is 56.0 cm³/mol. The third-order valence-corrected chi connectivity index (χ3v) is 2.84. The summed E-state index contributed by atoms with van der Waals surface area (Å²) in [6.07, 6.45) is 2.78. The van der Waals surface area contributed by atoms with E-state index >= 15 is 0 Å². The summed E-state index contributed by atoms with van der Waals surface area (Å²) < 4.78 is 0. The molecule has 0 atom stereocenters. The van der Waals surface area contributed by atoms with E-state index in [4.69, 9.17) is 0 Å². The first kappa shape index (κ1) is 9.08. The number of nitrogens with zero attached hydrogens (tertiary/aromatic N) is 4. The fourth-order valence-corrected chi connectivity index (χ4v) is 2.06. The average molecular weight is 206 g/mol. The molecule has 0 aliphatic rings. The number of thiophene rings is 1. The SMILES string of the molecule is C=CCc1ccc(-c2nnn(C)n2)s1. The van der Waals surface area contributed by atoms with E-state index in [9.17, 15) is 0 Å². The van der Waals surface area contributed by atoms with Crippen LogP contribution >= 0.6 is 11.3 Å². The van der Waals surface area contributed by atoms with E-state index in [1.54, 1.807) is 18.4 Å². The molecular weight excluding hydrogens is 196 g/mol. The molecule has 0 unspecified atom stereocenters. The van der Waals surface area contributed by atoms with Gasteiger partial charge in [-0.25, -0.2) is 0 Å². The fourth-order valence-electron chi connectivity index (χ4n) is 1.13. The zero-order valence-electron chi connectivity index (χ0n) is 7.84. The normalized spacial score (nSPS) is 10.4. The van der Waals surface area contributed by atoms with Gasteiger partial charge in [0.25, 0.3) is 0 Å². The Labute approximate surface area is 85.9 Å². The molecule has 5 heteroatoms. The predicted octanol–water partition coefficient (Wildman–Crippen LogP) is 1.67. The first-order valence-electron chi connectivity index (χ1n) is 4.23. The van der Waals surface area contributed by atoms with Crippen molar-refractivity contribution in [1.82, 2.24) is 20.2 Å². The summed E-state index contributed by atoms with van der Waals surface area (Å²) in [5.41, 5.74) is 0. The topological polar surface area (TPSA) is 43.6 Å². The number of allylic oxidation sites excluding steroid dienone is 1. The van der Waals surface area contributed by atoms with E-state index in [1.807, 2.05) is 12.1 Å². The van der Waals surface area contributed by atoms with E-state index in [0.717, 1.165) is 11.3 Å². The third-order valence-electron chi connectivity index (χ3n) is 1.74. The number of aromatic nitrogens is 4. The molecule has 4 nitrogen and oxygen atoms in total. The van der Waals surface area contributed by atoms with Gasteiger partial charge in [-0.1, -0.05) is 6.08 Å². The molecule has 14 heavy (non-hydrogen) atoms. The Morgan fingerprint density at radius 2 is 2.43 bits per heavy atom. The van der Waals surface area contributed by atoms with E-state index in [0.29, 0.717) is 5.82 Å². The van der Waals surface area contributed by atoms with Crippen LogP contribution in [0.2, 0.25) is 0 Å². The largest absolute Gasteiger partial charge is 0.214 e. The summed E-state index contributed by atoms with van der Waals surface area (Å²) in [5.74, 6) is 0.688. The van der Waals surface area contributed by atoms with Gasteiger partial charge in [-0.3, -0.25) is 0 Å². The van der Waals surface area contributed by atoms with Crippen LogP contribution < -0.4 is 0 Å². The van der Waals surface area contributed by atoms with Crippen molar-refractivity contribution in [2.75, 3.05) is 0 Å². The summed E-state index contributed by atoms with van der Waals surface area (Å²) in [5, 5.41) is 11.9. The van der Waals surface area contributed by atoms with Crippen LogP contribution in [0.3, 0.4) is 0 Å². The molecular formula is C9H10N4S. The lowest BCUT2D eigenvalue weighted by Crippen LogP contribution is -1.91. The van der Waals surface area contributed by atoms with Gasteiger partial charge in [-0.15, -0.1) is 28.1 Å². The molecule has 2 heterocycles. The van der Waals surface area contributed by atoms with Gasteiger partial charge < -0.3 is 0 Å². The average Bonchev–Trinajstić information content (AvgIpc) is 2.74. The number of tetrazole rings is 1. The molecule has 0 N–H and O–H groups in total. The molecule has 0 amide bonds. The molecule has 2 rings (SSSR count). The van der Waals surface area contributed by atoms with Gasteiger partial charge in [-0.2, -0.15) is 4.80 Å². The summed E-state index contributed by atoms with van der Waals surface area (Å²) in [4.78, 5) is 3.78. The van der Waals surface area contributed by atoms with Crippen molar-refractivity contribution in [3.05, 3.63) is 29.7 Å². The fraction of sp³-hybridized carbons (Fsp3) is 0.222. The summed E-state index contributed by atoms with van der Waals surface area (Å²) >= 11 is 1.67. The van der Waals surface area contributed by atoms with Crippen molar-refractivity contribution in [3.8, 4) is 10.7 Å². The van der Waals surface area contributed by atoms with Crippen LogP contribution in [0.4, 0.5) is 0 Å². The Kier molecular flexibility index (Phi) is 2.41. The number of hydrogen-bond donors (Lipinski definition) is 0. The van der Waals surface area contributed by atoms with Gasteiger partial charge in [-0.05, 0) is 23.8 Å². The van der Waals surface area contributed by atoms with Crippen molar-refractivity contribution < 1.29 is 0 Å². The lowest BCUT2D eigenvalue weighted by atomic mass is 10.3. The standard InChI is InChI=1S/C9H10N4S/c1-3-4-7-5-6-8(14-7)9-10-12-13(2)11-9/h3,5-6H,1,4H2,2H3. The highest BCUT2D eigenvalue weighted by Gasteiger charge is 2.06. The second-order valence-corrected chi connectivity index (χ2v) is 4.03. The van der Waals surface area contributed by atoms with Crippen LogP contribution in [0, 0.1) is 0 Å². The highest BCUT2D eigenvalue weighted by atomic mass is 32.1. The van der Waals surface area contributed by atoms with Crippen LogP contribution in [-0.4, -0.2) is 20.2 Å². The van der Waals surface area contributed by atoms with Gasteiger partial charge in [0.1, 0.15) is 0 Å². The van der Waals surface area contributed by atoms with Crippen molar-refractivity contribution in [3.63, 3.8) is 0 Å². The second kappa shape index (κ2) is 3.71. The van der Waals surface area contributed by atoms with Crippen molar-refractivity contribution in [2.45, 2.75) is 6.42 Å². The third kappa shape index (κ3) is 1.72. The first-order chi connectivity index (χ1) is 6.79. The Hall–Kier alpha value is -1.49. The van der Waals surface area contributed by atoms with Crippen LogP contribution in [0.25, 0.3) is 10.7 Å². The van der Waals surface area contributed by atoms with Gasteiger partial charge >= 0.3 is 0 Å². The summed E-state index contributed by atoms with van der Waals surface area (Å²) in [6, 6.07) is 4.08. The van der Waals surface area contributed by atoms with Crippen LogP contribution in [0.1, 0.15) is 4.88 Å². The van der Waals surface area contributed by atoms with Crippen molar-refractivity contribution in [1.29, 1.82) is 0 Å². The minimum absolute atomic E-state index is 0.688. The van der Waals surface area contributed by atoms with Crippen molar-refractivity contribution >= 4 is 11.3 Å². The minimum atomic E-state index is 0.688. The van der Waals surface area contributed by atoms with E-state index in [1.165, 1.54) is 9.67 Å². The molecule has 0 fully saturated rings. The maximum Gasteiger partial charge on any atom is 0.214 e. The maximum atomic E-state index is 4.13. The summed E-state index contributed by atoms with van der Waals surface area (Å²) in [7, 11) is 1.76. The molecule has 0 spiro atoms. The van der Waals surface area contributed by atoms with Crippen LogP contribution in [0.5, 0.6) is 0 Å². The van der Waals surface area contributed by atoms with Crippen LogP contribution in [-0.2, 0) is 13.5 Å². The Bertz CT molecular complexity index is 443. The molecule has 0 radical (unpaired) electrons. The second-order valence-electron chi connectivity index (χ2n) is 2.86. The van der Waals surface area contributed by atoms with E-state index in [2.05, 4.69) is 28.1 Å². The van der Waals surface area contributed by atoms with E-state index in [-0.39, 0.29) is 0 Å². The van der Waals surface area contributed by atoms with Gasteiger partial charge in [0, 0.05) is 4.88 Å². The molecule has 0 aliphatic carbocycles. The van der Waals surface area contributed by atoms with Crippen LogP contribution in [0.15, 0.2) is 24.8 Å². The lowest BCUT2D eigenvalue weighted by Gasteiger charge is -1.86. The Balaban J connectivity index is 2.28. The highest BCUT2D eigenvalue weighted by molar-refractivity contribution is 7.15. The number of rotatable bonds is 3. The zero-order chi connectivity index (χ0) is 9.97. The smallest absolute Gasteiger partial charge is 0.167 e. The highest BCUT2D eigenvalue weighted by Crippen LogP contribution is 2.24. The molecule has 0 saturated carbocycles. The number of hydrogen-bond acceptors (Lipinski definition) is 4. The molecule has 0 aliphatic heterocycles. The molecule has 72 valence electrons.